The van der Waals surface area contributed by atoms with E-state index < -0.39 is 0 Å². The van der Waals surface area contributed by atoms with Crippen LogP contribution in [0.2, 0.25) is 0 Å². The Hall–Kier alpha value is -1.91. The first-order chi connectivity index (χ1) is 14.8. The molecule has 0 radical (unpaired) electrons. The Morgan fingerprint density at radius 3 is 2.48 bits per heavy atom. The summed E-state index contributed by atoms with van der Waals surface area (Å²) in [6.07, 6.45) is 0.245. The molecule has 1 fully saturated rings. The molecule has 0 aromatic heterocycles. The fourth-order valence-electron chi connectivity index (χ4n) is 3.48. The van der Waals surface area contributed by atoms with E-state index >= 15 is 0 Å². The van der Waals surface area contributed by atoms with Crippen molar-refractivity contribution in [1.82, 2.24) is 4.90 Å². The van der Waals surface area contributed by atoms with Gasteiger partial charge in [-0.2, -0.15) is 0 Å². The molecule has 1 aliphatic rings. The molecule has 2 aromatic carbocycles. The summed E-state index contributed by atoms with van der Waals surface area (Å²) in [6.45, 7) is 7.47. The smallest absolute Gasteiger partial charge is 0.262 e. The predicted octanol–water partition coefficient (Wildman–Crippen LogP) is 4.41. The van der Waals surface area contributed by atoms with Gasteiger partial charge < -0.3 is 24.4 Å². The van der Waals surface area contributed by atoms with E-state index in [4.69, 9.17) is 26.4 Å². The average Bonchev–Trinajstić information content (AvgIpc) is 2.72. The zero-order chi connectivity index (χ0) is 22.5. The summed E-state index contributed by atoms with van der Waals surface area (Å²) in [4.78, 5) is 15.2. The van der Waals surface area contributed by atoms with Gasteiger partial charge in [0.2, 0.25) is 0 Å². The van der Waals surface area contributed by atoms with E-state index in [9.17, 15) is 4.79 Å². The highest BCUT2D eigenvalue weighted by Gasteiger charge is 2.25. The van der Waals surface area contributed by atoms with Crippen LogP contribution < -0.4 is 14.8 Å². The number of ether oxygens (including phenoxy) is 3. The average molecular weight is 554 g/mol. The van der Waals surface area contributed by atoms with Gasteiger partial charge in [0.1, 0.15) is 4.99 Å². The van der Waals surface area contributed by atoms with Crippen LogP contribution in [0.15, 0.2) is 36.4 Å². The van der Waals surface area contributed by atoms with Crippen LogP contribution in [0.4, 0.5) is 5.69 Å². The summed E-state index contributed by atoms with van der Waals surface area (Å²) in [5, 5.41) is 2.83. The van der Waals surface area contributed by atoms with Crippen molar-refractivity contribution >= 4 is 51.4 Å². The maximum atomic E-state index is 12.3. The van der Waals surface area contributed by atoms with Crippen LogP contribution in [0.1, 0.15) is 25.0 Å². The van der Waals surface area contributed by atoms with Crippen LogP contribution >= 0.6 is 34.8 Å². The number of nitrogens with zero attached hydrogens (tertiary/aromatic N) is 1. The molecule has 1 amide bonds. The molecule has 8 heteroatoms. The van der Waals surface area contributed by atoms with Crippen molar-refractivity contribution in [3.8, 4) is 11.5 Å². The highest BCUT2D eigenvalue weighted by molar-refractivity contribution is 14.1. The van der Waals surface area contributed by atoms with E-state index in [0.717, 1.165) is 38.5 Å². The third-order valence-electron chi connectivity index (χ3n) is 4.87. The summed E-state index contributed by atoms with van der Waals surface area (Å²) >= 11 is 7.93. The Kier molecular flexibility index (Phi) is 8.12. The molecule has 2 aromatic rings. The summed E-state index contributed by atoms with van der Waals surface area (Å²) < 4.78 is 18.0. The number of methoxy groups -OCH3 is 1. The van der Waals surface area contributed by atoms with Crippen LogP contribution in [0, 0.1) is 10.5 Å². The molecular weight excluding hydrogens is 527 g/mol. The second-order valence-corrected chi connectivity index (χ2v) is 9.21. The molecule has 1 heterocycles. The first kappa shape index (κ1) is 23.7. The summed E-state index contributed by atoms with van der Waals surface area (Å²) in [6, 6.07) is 11.4. The zero-order valence-electron chi connectivity index (χ0n) is 18.1. The van der Waals surface area contributed by atoms with Crippen molar-refractivity contribution in [2.45, 2.75) is 33.0 Å². The maximum Gasteiger partial charge on any atom is 0.262 e. The van der Waals surface area contributed by atoms with Gasteiger partial charge in [-0.3, -0.25) is 4.79 Å². The lowest BCUT2D eigenvalue weighted by molar-refractivity contribution is -0.118. The lowest BCUT2D eigenvalue weighted by Gasteiger charge is -2.37. The molecule has 31 heavy (non-hydrogen) atoms. The van der Waals surface area contributed by atoms with Crippen molar-refractivity contribution in [2.75, 3.05) is 32.1 Å². The lowest BCUT2D eigenvalue weighted by atomic mass is 10.1. The minimum atomic E-state index is -0.238. The first-order valence-corrected chi connectivity index (χ1v) is 11.6. The second kappa shape index (κ2) is 10.6. The molecule has 6 nitrogen and oxygen atoms in total. The quantitative estimate of drug-likeness (QED) is 0.422. The molecular formula is C23H27IN2O4S. The Balaban J connectivity index is 1.69. The molecule has 1 N–H and O–H groups in total. The first-order valence-electron chi connectivity index (χ1n) is 10.1. The number of anilines is 1. The van der Waals surface area contributed by atoms with E-state index in [2.05, 4.69) is 32.8 Å². The number of amides is 1. The van der Waals surface area contributed by atoms with Crippen LogP contribution in [0.5, 0.6) is 11.5 Å². The zero-order valence-corrected chi connectivity index (χ0v) is 21.1. The number of halogens is 1. The second-order valence-electron chi connectivity index (χ2n) is 7.66. The number of nitrogens with one attached hydrogen (secondary N) is 1. The summed E-state index contributed by atoms with van der Waals surface area (Å²) in [5.74, 6) is 0.830. The van der Waals surface area contributed by atoms with Gasteiger partial charge in [0, 0.05) is 24.3 Å². The minimum Gasteiger partial charge on any atom is -0.493 e. The number of carbonyl (C=O) groups is 1. The largest absolute Gasteiger partial charge is 0.493 e. The van der Waals surface area contributed by atoms with Gasteiger partial charge in [0.05, 0.1) is 22.9 Å². The summed E-state index contributed by atoms with van der Waals surface area (Å²) in [5.41, 5.74) is 2.75. The molecule has 3 rings (SSSR count). The molecule has 1 saturated heterocycles. The summed E-state index contributed by atoms with van der Waals surface area (Å²) in [7, 11) is 1.58. The lowest BCUT2D eigenvalue weighted by Crippen LogP contribution is -2.47. The van der Waals surface area contributed by atoms with Gasteiger partial charge in [-0.05, 0) is 67.6 Å². The standard InChI is InChI=1S/C23H27IN2O4S/c1-14-5-7-18(8-6-14)25-21(27)13-29-22-19(24)9-17(10-20(22)28-4)23(31)26-11-15(2)30-16(3)12-26/h5-10,15-16H,11-13H2,1-4H3,(H,25,27)/t15-,16-/m0/s1. The van der Waals surface area contributed by atoms with Gasteiger partial charge in [-0.25, -0.2) is 0 Å². The van der Waals surface area contributed by atoms with Crippen molar-refractivity contribution in [2.24, 2.45) is 0 Å². The number of hydrogen-bond donors (Lipinski definition) is 1. The molecule has 0 unspecified atom stereocenters. The minimum absolute atomic E-state index is 0.122. The number of benzene rings is 2. The number of rotatable bonds is 6. The van der Waals surface area contributed by atoms with Gasteiger partial charge in [-0.15, -0.1) is 0 Å². The third-order valence-corrected chi connectivity index (χ3v) is 6.16. The van der Waals surface area contributed by atoms with Crippen LogP contribution in [-0.2, 0) is 9.53 Å². The predicted molar refractivity (Wildman–Crippen MR) is 134 cm³/mol. The van der Waals surface area contributed by atoms with Gasteiger partial charge >= 0.3 is 0 Å². The van der Waals surface area contributed by atoms with E-state index in [1.165, 1.54) is 0 Å². The van der Waals surface area contributed by atoms with Gasteiger partial charge in [0.15, 0.2) is 18.1 Å². The number of carbonyl (C=O) groups excluding carboxylic acids is 1. The van der Waals surface area contributed by atoms with E-state index in [-0.39, 0.29) is 24.7 Å². The molecule has 166 valence electrons. The maximum absolute atomic E-state index is 12.3. The van der Waals surface area contributed by atoms with Gasteiger partial charge in [0.25, 0.3) is 5.91 Å². The number of aryl methyl sites for hydroxylation is 1. The van der Waals surface area contributed by atoms with Crippen molar-refractivity contribution < 1.29 is 19.0 Å². The topological polar surface area (TPSA) is 60.0 Å². The van der Waals surface area contributed by atoms with E-state index in [1.54, 1.807) is 7.11 Å². The monoisotopic (exact) mass is 554 g/mol. The highest BCUT2D eigenvalue weighted by atomic mass is 127. The Bertz CT molecular complexity index is 941. The number of thiocarbonyl (C=S) groups is 1. The molecule has 0 saturated carbocycles. The van der Waals surface area contributed by atoms with E-state index in [0.29, 0.717) is 11.5 Å². The molecule has 0 bridgehead atoms. The Morgan fingerprint density at radius 1 is 1.23 bits per heavy atom. The van der Waals surface area contributed by atoms with Crippen LogP contribution in [0.3, 0.4) is 0 Å². The SMILES string of the molecule is COc1cc(C(=S)N2C[C@H](C)O[C@@H](C)C2)cc(I)c1OCC(=O)Nc1ccc(C)cc1. The molecule has 2 atom stereocenters. The van der Waals surface area contributed by atoms with Crippen molar-refractivity contribution in [3.05, 3.63) is 51.1 Å². The number of morpholine rings is 1. The molecule has 0 aliphatic carbocycles. The Morgan fingerprint density at radius 2 is 1.87 bits per heavy atom. The van der Waals surface area contributed by atoms with Crippen LogP contribution in [-0.4, -0.2) is 54.8 Å². The van der Waals surface area contributed by atoms with Gasteiger partial charge in [-0.1, -0.05) is 29.9 Å². The molecule has 1 aliphatic heterocycles. The van der Waals surface area contributed by atoms with E-state index in [1.807, 2.05) is 57.2 Å². The highest BCUT2D eigenvalue weighted by Crippen LogP contribution is 2.34. The molecule has 0 spiro atoms. The fourth-order valence-corrected chi connectivity index (χ4v) is 4.51. The normalized spacial score (nSPS) is 18.4. The Labute approximate surface area is 202 Å². The van der Waals surface area contributed by atoms with Crippen LogP contribution in [0.25, 0.3) is 0 Å². The third kappa shape index (κ3) is 6.30. The fraction of sp³-hybridized carbons (Fsp3) is 0.391. The van der Waals surface area contributed by atoms with Crippen molar-refractivity contribution in [1.29, 1.82) is 0 Å². The van der Waals surface area contributed by atoms with Crippen molar-refractivity contribution in [3.63, 3.8) is 0 Å². The number of hydrogen-bond acceptors (Lipinski definition) is 5.